The van der Waals surface area contributed by atoms with E-state index < -0.39 is 32.4 Å². The fraction of sp³-hybridized carbons (Fsp3) is 0.350. The number of sulfone groups is 1. The summed E-state index contributed by atoms with van der Waals surface area (Å²) in [7, 11) is -1.66. The Morgan fingerprint density at radius 3 is 2.52 bits per heavy atom. The Morgan fingerprint density at radius 2 is 1.90 bits per heavy atom. The van der Waals surface area contributed by atoms with Gasteiger partial charge in [0.1, 0.15) is 11.2 Å². The van der Waals surface area contributed by atoms with Crippen molar-refractivity contribution in [3.05, 3.63) is 52.7 Å². The number of aromatic nitrogens is 3. The zero-order chi connectivity index (χ0) is 22.4. The van der Waals surface area contributed by atoms with Gasteiger partial charge in [-0.05, 0) is 30.5 Å². The molecule has 0 amide bonds. The average Bonchev–Trinajstić information content (AvgIpc) is 3.06. The van der Waals surface area contributed by atoms with E-state index >= 15 is 0 Å². The molecule has 0 saturated carbocycles. The highest BCUT2D eigenvalue weighted by Crippen LogP contribution is 2.33. The quantitative estimate of drug-likeness (QED) is 0.654. The second kappa shape index (κ2) is 7.63. The van der Waals surface area contributed by atoms with Crippen LogP contribution in [0.3, 0.4) is 0 Å². The minimum atomic E-state index is -4.46. The zero-order valence-electron chi connectivity index (χ0n) is 16.5. The number of nitrogens with one attached hydrogen (secondary N) is 1. The van der Waals surface area contributed by atoms with Crippen molar-refractivity contribution in [2.75, 3.05) is 17.6 Å². The number of aryl methyl sites for hydroxylation is 1. The van der Waals surface area contributed by atoms with Crippen molar-refractivity contribution < 1.29 is 21.6 Å². The molecule has 0 aliphatic carbocycles. The molecule has 1 aromatic carbocycles. The fourth-order valence-electron chi connectivity index (χ4n) is 3.69. The molecule has 0 spiro atoms. The van der Waals surface area contributed by atoms with Crippen LogP contribution in [0, 0.1) is 0 Å². The molecular formula is C20H19F3N4O3S. The number of alkyl halides is 3. The Morgan fingerprint density at radius 1 is 1.19 bits per heavy atom. The van der Waals surface area contributed by atoms with Gasteiger partial charge in [-0.25, -0.2) is 18.4 Å². The molecule has 1 N–H and O–H groups in total. The van der Waals surface area contributed by atoms with Crippen molar-refractivity contribution in [1.29, 1.82) is 0 Å². The summed E-state index contributed by atoms with van der Waals surface area (Å²) in [5.74, 6) is 0.338. The fourth-order valence-corrected chi connectivity index (χ4v) is 5.46. The lowest BCUT2D eigenvalue weighted by Gasteiger charge is -2.15. The molecule has 1 aliphatic heterocycles. The van der Waals surface area contributed by atoms with Crippen LogP contribution in [0.15, 0.2) is 41.6 Å². The third-order valence-electron chi connectivity index (χ3n) is 5.43. The number of rotatable bonds is 4. The van der Waals surface area contributed by atoms with E-state index in [1.165, 1.54) is 36.3 Å². The minimum absolute atomic E-state index is 0.113. The van der Waals surface area contributed by atoms with E-state index in [0.29, 0.717) is 24.0 Å². The maximum atomic E-state index is 12.9. The van der Waals surface area contributed by atoms with Crippen LogP contribution in [-0.2, 0) is 23.1 Å². The lowest BCUT2D eigenvalue weighted by atomic mass is 10.0. The number of anilines is 1. The molecule has 0 radical (unpaired) electrons. The molecule has 1 atom stereocenters. The predicted molar refractivity (Wildman–Crippen MR) is 111 cm³/mol. The SMILES string of the molecule is Cn1cnc2c(-c3ccc(C(F)(F)F)cc3)cnc(NC[C@H]3CCCS3(=O)=O)c2c1=O. The van der Waals surface area contributed by atoms with Crippen LogP contribution in [0.5, 0.6) is 0 Å². The van der Waals surface area contributed by atoms with Crippen molar-refractivity contribution in [3.63, 3.8) is 0 Å². The van der Waals surface area contributed by atoms with Gasteiger partial charge >= 0.3 is 6.18 Å². The highest BCUT2D eigenvalue weighted by Gasteiger charge is 2.32. The van der Waals surface area contributed by atoms with Crippen molar-refractivity contribution in [2.45, 2.75) is 24.3 Å². The van der Waals surface area contributed by atoms with Gasteiger partial charge < -0.3 is 9.88 Å². The summed E-state index contributed by atoms with van der Waals surface area (Å²) >= 11 is 0. The van der Waals surface area contributed by atoms with E-state index in [1.54, 1.807) is 0 Å². The molecule has 4 rings (SSSR count). The largest absolute Gasteiger partial charge is 0.416 e. The molecule has 0 bridgehead atoms. The normalized spacial score (nSPS) is 18.4. The monoisotopic (exact) mass is 452 g/mol. The Balaban J connectivity index is 1.77. The van der Waals surface area contributed by atoms with Crippen LogP contribution in [0.1, 0.15) is 18.4 Å². The second-order valence-electron chi connectivity index (χ2n) is 7.49. The van der Waals surface area contributed by atoms with Crippen LogP contribution < -0.4 is 10.9 Å². The van der Waals surface area contributed by atoms with Gasteiger partial charge in [0, 0.05) is 25.4 Å². The number of halogens is 3. The summed E-state index contributed by atoms with van der Waals surface area (Å²) in [4.78, 5) is 21.4. The summed E-state index contributed by atoms with van der Waals surface area (Å²) in [6.45, 7) is 0.113. The van der Waals surface area contributed by atoms with Crippen LogP contribution in [-0.4, -0.2) is 40.5 Å². The molecule has 164 valence electrons. The van der Waals surface area contributed by atoms with Crippen molar-refractivity contribution in [2.24, 2.45) is 7.05 Å². The van der Waals surface area contributed by atoms with Gasteiger partial charge in [-0.3, -0.25) is 4.79 Å². The van der Waals surface area contributed by atoms with E-state index in [0.717, 1.165) is 12.1 Å². The molecule has 3 heterocycles. The van der Waals surface area contributed by atoms with Crippen molar-refractivity contribution in [1.82, 2.24) is 14.5 Å². The number of pyridine rings is 1. The van der Waals surface area contributed by atoms with Crippen LogP contribution in [0.4, 0.5) is 19.0 Å². The standard InChI is InChI=1S/C20H19F3N4O3S/c1-27-11-26-17-15(12-4-6-13(7-5-12)20(21,22)23)10-25-18(16(17)19(27)28)24-9-14-3-2-8-31(14,29)30/h4-7,10-11,14H,2-3,8-9H2,1H3,(H,24,25)/t14-/m1/s1. The number of fused-ring (bicyclic) bond motifs is 1. The highest BCUT2D eigenvalue weighted by atomic mass is 32.2. The smallest absolute Gasteiger partial charge is 0.368 e. The average molecular weight is 452 g/mol. The topological polar surface area (TPSA) is 93.9 Å². The Labute approximate surface area is 175 Å². The van der Waals surface area contributed by atoms with E-state index in [1.807, 2.05) is 0 Å². The number of hydrogen-bond acceptors (Lipinski definition) is 6. The van der Waals surface area contributed by atoms with Gasteiger partial charge in [0.25, 0.3) is 5.56 Å². The third-order valence-corrected chi connectivity index (χ3v) is 7.70. The van der Waals surface area contributed by atoms with E-state index in [4.69, 9.17) is 0 Å². The third kappa shape index (κ3) is 4.01. The first-order valence-corrected chi connectivity index (χ1v) is 11.3. The summed E-state index contributed by atoms with van der Waals surface area (Å²) in [6, 6.07) is 4.52. The molecule has 11 heteroatoms. The van der Waals surface area contributed by atoms with Crippen LogP contribution in [0.25, 0.3) is 22.0 Å². The predicted octanol–water partition coefficient (Wildman–Crippen LogP) is 3.00. The summed E-state index contributed by atoms with van der Waals surface area (Å²) in [6.07, 6.45) is -0.583. The first kappa shape index (κ1) is 21.3. The first-order valence-electron chi connectivity index (χ1n) is 9.55. The maximum absolute atomic E-state index is 12.9. The Hall–Kier alpha value is -2.95. The zero-order valence-corrected chi connectivity index (χ0v) is 17.3. The van der Waals surface area contributed by atoms with Crippen molar-refractivity contribution >= 4 is 26.6 Å². The van der Waals surface area contributed by atoms with E-state index in [-0.39, 0.29) is 29.0 Å². The molecule has 1 fully saturated rings. The Kier molecular flexibility index (Phi) is 5.24. The molecular weight excluding hydrogens is 433 g/mol. The molecule has 3 aromatic rings. The van der Waals surface area contributed by atoms with E-state index in [9.17, 15) is 26.4 Å². The maximum Gasteiger partial charge on any atom is 0.416 e. The molecule has 31 heavy (non-hydrogen) atoms. The van der Waals surface area contributed by atoms with Gasteiger partial charge in [0.2, 0.25) is 0 Å². The molecule has 1 saturated heterocycles. The van der Waals surface area contributed by atoms with Crippen LogP contribution in [0.2, 0.25) is 0 Å². The lowest BCUT2D eigenvalue weighted by molar-refractivity contribution is -0.137. The molecule has 0 unspecified atom stereocenters. The molecule has 7 nitrogen and oxygen atoms in total. The molecule has 1 aliphatic rings. The van der Waals surface area contributed by atoms with Gasteiger partial charge in [-0.15, -0.1) is 0 Å². The lowest BCUT2D eigenvalue weighted by Crippen LogP contribution is -2.26. The summed E-state index contributed by atoms with van der Waals surface area (Å²) in [5, 5.41) is 2.56. The van der Waals surface area contributed by atoms with Crippen molar-refractivity contribution in [3.8, 4) is 11.1 Å². The minimum Gasteiger partial charge on any atom is -0.368 e. The summed E-state index contributed by atoms with van der Waals surface area (Å²) in [5.41, 5.74) is -0.0808. The Bertz CT molecular complexity index is 1300. The molecule has 2 aromatic heterocycles. The highest BCUT2D eigenvalue weighted by molar-refractivity contribution is 7.92. The van der Waals surface area contributed by atoms with E-state index in [2.05, 4.69) is 15.3 Å². The van der Waals surface area contributed by atoms with Gasteiger partial charge in [-0.1, -0.05) is 12.1 Å². The first-order chi connectivity index (χ1) is 14.6. The van der Waals surface area contributed by atoms with Crippen LogP contribution >= 0.6 is 0 Å². The number of hydrogen-bond donors (Lipinski definition) is 1. The van der Waals surface area contributed by atoms with Gasteiger partial charge in [0.15, 0.2) is 9.84 Å². The second-order valence-corrected chi connectivity index (χ2v) is 9.89. The number of nitrogens with zero attached hydrogens (tertiary/aromatic N) is 3. The van der Waals surface area contributed by atoms with Gasteiger partial charge in [-0.2, -0.15) is 13.2 Å². The van der Waals surface area contributed by atoms with Gasteiger partial charge in [0.05, 0.1) is 28.4 Å². The summed E-state index contributed by atoms with van der Waals surface area (Å²) < 4.78 is 64.1. The number of benzene rings is 1.